The zero-order chi connectivity index (χ0) is 35.9. The molecule has 1 aromatic carbocycles. The molecule has 0 spiro atoms. The zero-order valence-electron chi connectivity index (χ0n) is 28.4. The van der Waals surface area contributed by atoms with Gasteiger partial charge in [-0.1, -0.05) is 0 Å². The first kappa shape index (κ1) is 45.4. The topological polar surface area (TPSA) is 235 Å². The Kier molecular flexibility index (Phi) is 24.4. The van der Waals surface area contributed by atoms with E-state index in [2.05, 4.69) is 16.0 Å². The van der Waals surface area contributed by atoms with Crippen LogP contribution in [-0.4, -0.2) is 106 Å². The van der Waals surface area contributed by atoms with Gasteiger partial charge in [0.1, 0.15) is 5.69 Å². The number of hydroxylamine groups is 6. The van der Waals surface area contributed by atoms with Crippen LogP contribution in [0, 0.1) is 0 Å². The number of hydrogen-bond acceptors (Lipinski definition) is 12. The van der Waals surface area contributed by atoms with Crippen molar-refractivity contribution in [2.75, 3.05) is 51.2 Å². The zero-order valence-corrected chi connectivity index (χ0v) is 29.5. The van der Waals surface area contributed by atoms with Crippen molar-refractivity contribution in [1.82, 2.24) is 25.8 Å². The molecular weight excluding hydrogens is 688 g/mol. The molecular formula is C31H52FeN6O11. The maximum atomic E-state index is 12.1. The van der Waals surface area contributed by atoms with Crippen molar-refractivity contribution in [2.24, 2.45) is 0 Å². The second kappa shape index (κ2) is 26.3. The minimum atomic E-state index is -0.634. The van der Waals surface area contributed by atoms with Crippen molar-refractivity contribution in [3.63, 3.8) is 0 Å². The predicted octanol–water partition coefficient (Wildman–Crippen LogP) is 1.07. The van der Waals surface area contributed by atoms with E-state index >= 15 is 0 Å². The molecule has 17 nitrogen and oxygen atoms in total. The molecule has 0 radical (unpaired) electrons. The molecule has 0 aliphatic rings. The van der Waals surface area contributed by atoms with Gasteiger partial charge >= 0.3 is 0 Å². The molecule has 0 fully saturated rings. The van der Waals surface area contributed by atoms with Crippen LogP contribution in [0.4, 0.5) is 5.69 Å². The second-order valence-electron chi connectivity index (χ2n) is 11.3. The molecule has 0 heterocycles. The average molecular weight is 741 g/mol. The van der Waals surface area contributed by atoms with Crippen LogP contribution in [0.15, 0.2) is 9.59 Å². The van der Waals surface area contributed by atoms with Gasteiger partial charge in [0.25, 0.3) is 10.9 Å². The Hall–Kier alpha value is -3.57. The van der Waals surface area contributed by atoms with Gasteiger partial charge in [-0.3, -0.25) is 49.2 Å². The number of carbonyl (C=O) groups is 5. The van der Waals surface area contributed by atoms with Gasteiger partial charge in [-0.05, 0) is 64.7 Å². The van der Waals surface area contributed by atoms with Crippen molar-refractivity contribution < 1.29 is 61.4 Å². The Morgan fingerprint density at radius 2 is 1.04 bits per heavy atom. The minimum Gasteiger partial charge on any atom is -0.488 e. The van der Waals surface area contributed by atoms with Crippen LogP contribution in [0.3, 0.4) is 0 Å². The monoisotopic (exact) mass is 740 g/mol. The van der Waals surface area contributed by atoms with E-state index in [9.17, 15) is 49.2 Å². The fraction of sp³-hybridized carbons (Fsp3) is 0.710. The van der Waals surface area contributed by atoms with E-state index in [-0.39, 0.29) is 92.2 Å². The molecule has 280 valence electrons. The van der Waals surface area contributed by atoms with Gasteiger partial charge in [-0.15, -0.1) is 0 Å². The number of unbranched alkanes of at least 4 members (excludes halogenated alkanes) is 6. The first-order valence-electron chi connectivity index (χ1n) is 16.6. The Labute approximate surface area is 296 Å². The molecule has 0 bridgehead atoms. The first-order valence-corrected chi connectivity index (χ1v) is 16.6. The minimum absolute atomic E-state index is 0. The van der Waals surface area contributed by atoms with Gasteiger partial charge in [0.2, 0.25) is 29.5 Å². The van der Waals surface area contributed by atoms with Crippen LogP contribution in [0.1, 0.15) is 97.3 Å². The molecule has 18 heteroatoms. The normalized spacial score (nSPS) is 10.6. The second-order valence-corrected chi connectivity index (χ2v) is 11.3. The summed E-state index contributed by atoms with van der Waals surface area (Å²) in [6, 6.07) is 0. The molecule has 1 aromatic rings. The fourth-order valence-corrected chi connectivity index (χ4v) is 4.46. The number of nitrogens with one attached hydrogen (secondary N) is 3. The molecule has 49 heavy (non-hydrogen) atoms. The van der Waals surface area contributed by atoms with E-state index in [0.717, 1.165) is 0 Å². The van der Waals surface area contributed by atoms with Crippen molar-refractivity contribution >= 4 is 35.2 Å². The standard InChI is InChI=1S/C31H52N6O11.Fe/c1-3-48-31-28(29(43)30(31)44)34-19-9-6-12-22-37(47)27(42)16-14-25(40)33-18-8-5-11-21-36(46)26(41)15-13-24(39)32-17-7-4-10-20-35(45)23(2)38;/h34,45-47H,3-22H2,1-2H3,(H,32,39)(H,33,40);. The number of rotatable bonds is 27. The largest absolute Gasteiger partial charge is 0.488 e. The summed E-state index contributed by atoms with van der Waals surface area (Å²) in [5.74, 6) is -2.16. The summed E-state index contributed by atoms with van der Waals surface area (Å²) in [4.78, 5) is 82.0. The molecule has 1 rings (SSSR count). The molecule has 0 aliphatic heterocycles. The van der Waals surface area contributed by atoms with Crippen LogP contribution in [-0.2, 0) is 41.0 Å². The first-order chi connectivity index (χ1) is 22.9. The van der Waals surface area contributed by atoms with Crippen LogP contribution in [0.25, 0.3) is 0 Å². The Balaban J connectivity index is 0.0000230. The third-order valence-electron chi connectivity index (χ3n) is 7.31. The summed E-state index contributed by atoms with van der Waals surface area (Å²) in [6.07, 6.45) is 5.00. The maximum absolute atomic E-state index is 12.1. The molecule has 0 aliphatic carbocycles. The van der Waals surface area contributed by atoms with E-state index < -0.39 is 28.6 Å². The smallest absolute Gasteiger partial charge is 0.272 e. The summed E-state index contributed by atoms with van der Waals surface area (Å²) in [6.45, 7) is 4.86. The SMILES string of the molecule is CCOc1c(NCCCCCN(O)C(=O)CCC(=O)NCCCCCN(O)C(=O)CCC(=O)NCCCCCN(O)C(C)=O)c(=O)c1=O.[Fe]. The number of anilines is 1. The van der Waals surface area contributed by atoms with Crippen molar-refractivity contribution in [2.45, 2.75) is 97.3 Å². The van der Waals surface area contributed by atoms with Crippen LogP contribution in [0.5, 0.6) is 5.75 Å². The average Bonchev–Trinajstić information content (AvgIpc) is 3.07. The van der Waals surface area contributed by atoms with Crippen LogP contribution < -0.4 is 31.5 Å². The number of carbonyl (C=O) groups excluding carboxylic acids is 5. The summed E-state index contributed by atoms with van der Waals surface area (Å²) >= 11 is 0. The Morgan fingerprint density at radius 3 is 1.47 bits per heavy atom. The third-order valence-corrected chi connectivity index (χ3v) is 7.31. The summed E-state index contributed by atoms with van der Waals surface area (Å²) < 4.78 is 5.14. The Bertz CT molecular complexity index is 1240. The van der Waals surface area contributed by atoms with Crippen LogP contribution in [0.2, 0.25) is 0 Å². The number of amides is 5. The number of nitrogens with zero attached hydrogens (tertiary/aromatic N) is 3. The molecule has 0 atom stereocenters. The van der Waals surface area contributed by atoms with Gasteiger partial charge in [-0.2, -0.15) is 0 Å². The molecule has 5 amide bonds. The summed E-state index contributed by atoms with van der Waals surface area (Å²) in [5, 5.41) is 39.2. The summed E-state index contributed by atoms with van der Waals surface area (Å²) in [5.41, 5.74) is -1.05. The van der Waals surface area contributed by atoms with Gasteiger partial charge < -0.3 is 20.7 Å². The third kappa shape index (κ3) is 19.3. The van der Waals surface area contributed by atoms with Gasteiger partial charge in [0.15, 0.2) is 5.75 Å². The Morgan fingerprint density at radius 1 is 0.612 bits per heavy atom. The van der Waals surface area contributed by atoms with Gasteiger partial charge in [0, 0.05) is 88.9 Å². The molecule has 0 unspecified atom stereocenters. The van der Waals surface area contributed by atoms with E-state index in [1.807, 2.05) is 0 Å². The maximum Gasteiger partial charge on any atom is 0.272 e. The van der Waals surface area contributed by atoms with E-state index in [0.29, 0.717) is 92.6 Å². The quantitative estimate of drug-likeness (QED) is 0.0244. The van der Waals surface area contributed by atoms with Crippen molar-refractivity contribution in [3.05, 3.63) is 20.4 Å². The molecule has 0 aromatic heterocycles. The fourth-order valence-electron chi connectivity index (χ4n) is 4.46. The number of hydrogen-bond donors (Lipinski definition) is 6. The summed E-state index contributed by atoms with van der Waals surface area (Å²) in [7, 11) is 0. The molecule has 6 N–H and O–H groups in total. The molecule has 0 saturated heterocycles. The van der Waals surface area contributed by atoms with E-state index in [1.165, 1.54) is 6.92 Å². The van der Waals surface area contributed by atoms with E-state index in [1.54, 1.807) is 6.92 Å². The predicted molar refractivity (Wildman–Crippen MR) is 173 cm³/mol. The number of ether oxygens (including phenoxy) is 1. The van der Waals surface area contributed by atoms with Crippen molar-refractivity contribution in [1.29, 1.82) is 0 Å². The van der Waals surface area contributed by atoms with Crippen LogP contribution >= 0.6 is 0 Å². The molecule has 0 saturated carbocycles. The van der Waals surface area contributed by atoms with Gasteiger partial charge in [0.05, 0.1) is 6.61 Å². The van der Waals surface area contributed by atoms with Crippen molar-refractivity contribution in [3.8, 4) is 5.75 Å². The van der Waals surface area contributed by atoms with Gasteiger partial charge in [-0.25, -0.2) is 15.2 Å². The van der Waals surface area contributed by atoms with E-state index in [4.69, 9.17) is 4.74 Å².